The molecule has 1 saturated carbocycles. The van der Waals surface area contributed by atoms with Gasteiger partial charge in [-0.2, -0.15) is 0 Å². The van der Waals surface area contributed by atoms with E-state index >= 15 is 0 Å². The highest BCUT2D eigenvalue weighted by atomic mass is 16.6. The lowest BCUT2D eigenvalue weighted by Gasteiger charge is -2.34. The fraction of sp³-hybridized carbons (Fsp3) is 0.933. The van der Waals surface area contributed by atoms with Crippen LogP contribution in [0.4, 0.5) is 0 Å². The van der Waals surface area contributed by atoms with Gasteiger partial charge in [0.25, 0.3) is 0 Å². The van der Waals surface area contributed by atoms with Gasteiger partial charge in [0, 0.05) is 0 Å². The molecule has 2 unspecified atom stereocenters. The van der Waals surface area contributed by atoms with Crippen LogP contribution in [0, 0.1) is 16.7 Å². The van der Waals surface area contributed by atoms with Gasteiger partial charge in [-0.1, -0.05) is 27.7 Å². The van der Waals surface area contributed by atoms with E-state index in [1.165, 1.54) is 0 Å². The zero-order chi connectivity index (χ0) is 13.5. The number of hydrogen-bond donors (Lipinski definition) is 0. The van der Waals surface area contributed by atoms with E-state index < -0.39 is 0 Å². The normalized spacial score (nSPS) is 32.5. The van der Waals surface area contributed by atoms with Gasteiger partial charge in [0.1, 0.15) is 5.60 Å². The Labute approximate surface area is 106 Å². The predicted molar refractivity (Wildman–Crippen MR) is 70.7 cm³/mol. The molecule has 0 aromatic heterocycles. The molecule has 0 N–H and O–H groups in total. The Hall–Kier alpha value is -0.530. The summed E-state index contributed by atoms with van der Waals surface area (Å²) in [7, 11) is 0. The van der Waals surface area contributed by atoms with Crippen molar-refractivity contribution < 1.29 is 9.53 Å². The lowest BCUT2D eigenvalue weighted by Crippen LogP contribution is -2.39. The summed E-state index contributed by atoms with van der Waals surface area (Å²) in [4.78, 5) is 12.2. The fourth-order valence-electron chi connectivity index (χ4n) is 2.87. The Kier molecular flexibility index (Phi) is 3.67. The van der Waals surface area contributed by atoms with Crippen LogP contribution in [0.3, 0.4) is 0 Å². The number of rotatable bonds is 3. The topological polar surface area (TPSA) is 26.3 Å². The van der Waals surface area contributed by atoms with E-state index in [0.29, 0.717) is 5.92 Å². The number of carbonyl (C=O) groups excluding carboxylic acids is 1. The molecule has 2 heteroatoms. The van der Waals surface area contributed by atoms with Crippen molar-refractivity contribution in [3.63, 3.8) is 0 Å². The van der Waals surface area contributed by atoms with Gasteiger partial charge < -0.3 is 4.74 Å². The maximum absolute atomic E-state index is 12.2. The first kappa shape index (κ1) is 14.5. The molecule has 0 amide bonds. The molecule has 1 aliphatic rings. The minimum Gasteiger partial charge on any atom is -0.459 e. The largest absolute Gasteiger partial charge is 0.459 e. The van der Waals surface area contributed by atoms with Crippen LogP contribution in [-0.2, 0) is 9.53 Å². The molecular formula is C15H28O2. The molecule has 1 aliphatic carbocycles. The molecule has 2 nitrogen and oxygen atoms in total. The van der Waals surface area contributed by atoms with Crippen molar-refractivity contribution in [2.45, 2.75) is 73.3 Å². The van der Waals surface area contributed by atoms with E-state index in [0.717, 1.165) is 19.3 Å². The van der Waals surface area contributed by atoms with Gasteiger partial charge in [-0.15, -0.1) is 0 Å². The second-order valence-corrected chi connectivity index (χ2v) is 7.39. The Morgan fingerprint density at radius 1 is 1.35 bits per heavy atom. The van der Waals surface area contributed by atoms with Crippen molar-refractivity contribution >= 4 is 5.97 Å². The second kappa shape index (κ2) is 4.29. The van der Waals surface area contributed by atoms with Crippen LogP contribution in [-0.4, -0.2) is 11.6 Å². The first-order valence-electron chi connectivity index (χ1n) is 6.76. The summed E-state index contributed by atoms with van der Waals surface area (Å²) >= 11 is 0. The highest BCUT2D eigenvalue weighted by Gasteiger charge is 2.49. The van der Waals surface area contributed by atoms with Crippen LogP contribution in [0.15, 0.2) is 0 Å². The summed E-state index contributed by atoms with van der Waals surface area (Å²) in [5.74, 6) is 0.390. The van der Waals surface area contributed by atoms with Crippen molar-refractivity contribution in [3.8, 4) is 0 Å². The van der Waals surface area contributed by atoms with Crippen LogP contribution in [0.25, 0.3) is 0 Å². The summed E-state index contributed by atoms with van der Waals surface area (Å²) in [6.45, 7) is 14.8. The summed E-state index contributed by atoms with van der Waals surface area (Å²) < 4.78 is 5.86. The van der Waals surface area contributed by atoms with Gasteiger partial charge in [0.05, 0.1) is 5.41 Å². The molecule has 1 rings (SSSR count). The van der Waals surface area contributed by atoms with E-state index in [1.54, 1.807) is 0 Å². The number of carbonyl (C=O) groups is 1. The lowest BCUT2D eigenvalue weighted by molar-refractivity contribution is -0.172. The predicted octanol–water partition coefficient (Wildman–Crippen LogP) is 4.18. The minimum absolute atomic E-state index is 0.0490. The quantitative estimate of drug-likeness (QED) is 0.692. The average Bonchev–Trinajstić information content (AvgIpc) is 2.34. The molecule has 1 fully saturated rings. The number of esters is 1. The highest BCUT2D eigenvalue weighted by molar-refractivity contribution is 5.76. The number of ether oxygens (including phenoxy) is 1. The van der Waals surface area contributed by atoms with Gasteiger partial charge in [0.15, 0.2) is 0 Å². The van der Waals surface area contributed by atoms with E-state index in [2.05, 4.69) is 27.7 Å². The minimum atomic E-state index is -0.366. The maximum Gasteiger partial charge on any atom is 0.312 e. The molecule has 0 spiro atoms. The van der Waals surface area contributed by atoms with Gasteiger partial charge in [-0.25, -0.2) is 0 Å². The van der Waals surface area contributed by atoms with Crippen LogP contribution in [0.5, 0.6) is 0 Å². The van der Waals surface area contributed by atoms with Crippen molar-refractivity contribution in [1.29, 1.82) is 0 Å². The van der Waals surface area contributed by atoms with Crippen LogP contribution in [0.1, 0.15) is 67.7 Å². The van der Waals surface area contributed by atoms with Crippen molar-refractivity contribution in [3.05, 3.63) is 0 Å². The van der Waals surface area contributed by atoms with Crippen molar-refractivity contribution in [2.75, 3.05) is 0 Å². The van der Waals surface area contributed by atoms with Crippen LogP contribution in [0.2, 0.25) is 0 Å². The molecule has 17 heavy (non-hydrogen) atoms. The van der Waals surface area contributed by atoms with E-state index in [4.69, 9.17) is 4.74 Å². The van der Waals surface area contributed by atoms with E-state index in [-0.39, 0.29) is 22.4 Å². The molecule has 0 aromatic carbocycles. The first-order valence-corrected chi connectivity index (χ1v) is 6.76. The third kappa shape index (κ3) is 3.02. The van der Waals surface area contributed by atoms with Crippen LogP contribution >= 0.6 is 0 Å². The van der Waals surface area contributed by atoms with E-state index in [1.807, 2.05) is 20.8 Å². The molecule has 0 heterocycles. The monoisotopic (exact) mass is 240 g/mol. The molecule has 0 saturated heterocycles. The zero-order valence-electron chi connectivity index (χ0n) is 12.5. The van der Waals surface area contributed by atoms with Crippen molar-refractivity contribution in [1.82, 2.24) is 0 Å². The fourth-order valence-corrected chi connectivity index (χ4v) is 2.87. The zero-order valence-corrected chi connectivity index (χ0v) is 12.5. The molecule has 2 atom stereocenters. The maximum atomic E-state index is 12.2. The summed E-state index contributed by atoms with van der Waals surface area (Å²) in [5.41, 5.74) is -0.368. The smallest absolute Gasteiger partial charge is 0.312 e. The Bertz CT molecular complexity index is 304. The third-order valence-corrected chi connectivity index (χ3v) is 4.49. The van der Waals surface area contributed by atoms with Crippen LogP contribution < -0.4 is 0 Å². The SMILES string of the molecule is CCC(C)(C)C(=O)OC1(C)CC(C)(C)CC1C. The summed E-state index contributed by atoms with van der Waals surface area (Å²) in [6, 6.07) is 0. The molecule has 0 aromatic rings. The third-order valence-electron chi connectivity index (χ3n) is 4.49. The molecule has 0 bridgehead atoms. The first-order chi connectivity index (χ1) is 7.52. The highest BCUT2D eigenvalue weighted by Crippen LogP contribution is 2.49. The van der Waals surface area contributed by atoms with Gasteiger partial charge in [-0.05, 0) is 51.4 Å². The Morgan fingerprint density at radius 2 is 1.88 bits per heavy atom. The molecule has 100 valence electrons. The average molecular weight is 240 g/mol. The van der Waals surface area contributed by atoms with Crippen molar-refractivity contribution in [2.24, 2.45) is 16.7 Å². The van der Waals surface area contributed by atoms with E-state index in [9.17, 15) is 4.79 Å². The Balaban J connectivity index is 2.78. The second-order valence-electron chi connectivity index (χ2n) is 7.39. The summed E-state index contributed by atoms with van der Waals surface area (Å²) in [5, 5.41) is 0. The number of hydrogen-bond acceptors (Lipinski definition) is 2. The Morgan fingerprint density at radius 3 is 2.24 bits per heavy atom. The standard InChI is InChI=1S/C15H28O2/c1-8-14(5,6)12(16)17-15(7)10-13(3,4)9-11(15)2/h11H,8-10H2,1-7H3. The van der Waals surface area contributed by atoms with Gasteiger partial charge in [0.2, 0.25) is 0 Å². The summed E-state index contributed by atoms with van der Waals surface area (Å²) in [6.07, 6.45) is 2.91. The molecule has 0 aliphatic heterocycles. The molecule has 0 radical (unpaired) electrons. The molecular weight excluding hydrogens is 212 g/mol. The van der Waals surface area contributed by atoms with Gasteiger partial charge in [-0.3, -0.25) is 4.79 Å². The lowest BCUT2D eigenvalue weighted by atomic mass is 9.88. The van der Waals surface area contributed by atoms with Gasteiger partial charge >= 0.3 is 5.97 Å².